The lowest BCUT2D eigenvalue weighted by Crippen LogP contribution is -2.47. The van der Waals surface area contributed by atoms with Crippen LogP contribution in [0.5, 0.6) is 0 Å². The molecule has 14 nitrogen and oxygen atoms in total. The van der Waals surface area contributed by atoms with E-state index in [4.69, 9.17) is 51.2 Å². The van der Waals surface area contributed by atoms with Crippen molar-refractivity contribution in [2.75, 3.05) is 41.3 Å². The quantitative estimate of drug-likeness (QED) is 0.172. The number of fused-ring (bicyclic) bond motifs is 1. The molecule has 1 aromatic carbocycles. The Kier molecular flexibility index (Phi) is 18.7. The van der Waals surface area contributed by atoms with E-state index in [-0.39, 0.29) is 11.6 Å². The number of nitrogens with one attached hydrogen (secondary N) is 1. The number of nitrogens with zero attached hydrogens (tertiary/aromatic N) is 4. The monoisotopic (exact) mass is 889 g/mol. The molecular formula is C32H28ClF12N5O9. The predicted molar refractivity (Wildman–Crippen MR) is 179 cm³/mol. The average Bonchev–Trinajstić information content (AvgIpc) is 3.60. The second-order valence-electron chi connectivity index (χ2n) is 11.2. The fourth-order valence-corrected chi connectivity index (χ4v) is 4.55. The number of anilines is 3. The number of amides is 1. The molecular weight excluding hydrogens is 862 g/mol. The summed E-state index contributed by atoms with van der Waals surface area (Å²) in [5.41, 5.74) is 4.92. The Morgan fingerprint density at radius 1 is 0.593 bits per heavy atom. The van der Waals surface area contributed by atoms with Gasteiger partial charge in [-0.05, 0) is 66.8 Å². The Morgan fingerprint density at radius 2 is 1.00 bits per heavy atom. The highest BCUT2D eigenvalue weighted by atomic mass is 35.5. The molecule has 2 aromatic heterocycles. The zero-order valence-corrected chi connectivity index (χ0v) is 29.9. The molecule has 5 N–H and O–H groups in total. The summed E-state index contributed by atoms with van der Waals surface area (Å²) in [5.74, 6) is -10.5. The van der Waals surface area contributed by atoms with Crippen LogP contribution in [0.4, 0.5) is 69.9 Å². The van der Waals surface area contributed by atoms with Gasteiger partial charge in [-0.1, -0.05) is 17.7 Å². The molecule has 59 heavy (non-hydrogen) atoms. The van der Waals surface area contributed by atoms with E-state index in [0.717, 1.165) is 50.5 Å². The first-order valence-corrected chi connectivity index (χ1v) is 16.0. The van der Waals surface area contributed by atoms with Crippen molar-refractivity contribution in [2.45, 2.75) is 44.0 Å². The Morgan fingerprint density at radius 3 is 1.42 bits per heavy atom. The summed E-state index contributed by atoms with van der Waals surface area (Å²) < 4.78 is 127. The molecule has 5 rings (SSSR count). The Balaban J connectivity index is 0.000000505. The van der Waals surface area contributed by atoms with Gasteiger partial charge in [0.05, 0.1) is 5.02 Å². The molecule has 2 aliphatic rings. The predicted octanol–water partition coefficient (Wildman–Crippen LogP) is 6.73. The highest BCUT2D eigenvalue weighted by Gasteiger charge is 2.40. The lowest BCUT2D eigenvalue weighted by Gasteiger charge is -2.36. The number of halogens is 13. The van der Waals surface area contributed by atoms with Crippen molar-refractivity contribution in [3.05, 3.63) is 76.7 Å². The number of carboxylic acids is 4. The van der Waals surface area contributed by atoms with Crippen molar-refractivity contribution in [2.24, 2.45) is 0 Å². The zero-order valence-electron chi connectivity index (χ0n) is 29.2. The maximum atomic E-state index is 12.9. The molecule has 0 spiro atoms. The van der Waals surface area contributed by atoms with Gasteiger partial charge in [0.25, 0.3) is 5.91 Å². The van der Waals surface area contributed by atoms with E-state index in [1.807, 2.05) is 36.7 Å². The first kappa shape index (κ1) is 50.9. The smallest absolute Gasteiger partial charge is 0.475 e. The van der Waals surface area contributed by atoms with E-state index in [0.29, 0.717) is 5.02 Å². The van der Waals surface area contributed by atoms with Crippen LogP contribution in [0.2, 0.25) is 5.02 Å². The normalized spacial score (nSPS) is 13.6. The Hall–Kier alpha value is -6.08. The van der Waals surface area contributed by atoms with E-state index in [1.165, 1.54) is 23.2 Å². The number of carbonyl (C=O) groups is 5. The number of rotatable bonds is 4. The number of pyridine rings is 2. The third kappa shape index (κ3) is 18.4. The molecule has 3 heterocycles. The first-order chi connectivity index (χ1) is 26.9. The summed E-state index contributed by atoms with van der Waals surface area (Å²) in [6.45, 7) is 3.40. The molecule has 27 heteroatoms. The third-order valence-electron chi connectivity index (χ3n) is 7.00. The SMILES string of the molecule is O=C(Nc1ccc2c(c1)CCC2)c1nc(N2CCN(c3ccncc3)CC2)ccc1Cl.O=C(O)C(F)(F)F.O=C(O)C(F)(F)F.O=C(O)C(F)(F)F.O=C(O)C(F)(F)F. The van der Waals surface area contributed by atoms with Crippen molar-refractivity contribution >= 4 is 58.6 Å². The number of carbonyl (C=O) groups excluding carboxylic acids is 1. The van der Waals surface area contributed by atoms with Crippen LogP contribution < -0.4 is 15.1 Å². The summed E-state index contributed by atoms with van der Waals surface area (Å²) in [5, 5.41) is 31.8. The van der Waals surface area contributed by atoms with Gasteiger partial charge in [-0.3, -0.25) is 9.78 Å². The Labute approximate surface area is 327 Å². The molecule has 0 unspecified atom stereocenters. The van der Waals surface area contributed by atoms with E-state index in [1.54, 1.807) is 6.07 Å². The van der Waals surface area contributed by atoms with E-state index in [2.05, 4.69) is 37.2 Å². The number of aliphatic carboxylic acids is 4. The fraction of sp³-hybridized carbons (Fsp3) is 0.344. The molecule has 0 radical (unpaired) electrons. The van der Waals surface area contributed by atoms with Gasteiger partial charge in [0, 0.05) is 49.9 Å². The molecule has 1 saturated heterocycles. The molecule has 1 amide bonds. The number of carboxylic acid groups (broad SMARTS) is 4. The van der Waals surface area contributed by atoms with Crippen molar-refractivity contribution in [1.29, 1.82) is 0 Å². The van der Waals surface area contributed by atoms with Gasteiger partial charge < -0.3 is 35.5 Å². The molecule has 0 bridgehead atoms. The van der Waals surface area contributed by atoms with Crippen LogP contribution in [-0.2, 0) is 32.0 Å². The molecule has 0 saturated carbocycles. The first-order valence-electron chi connectivity index (χ1n) is 15.6. The van der Waals surface area contributed by atoms with Gasteiger partial charge >= 0.3 is 48.6 Å². The summed E-state index contributed by atoms with van der Waals surface area (Å²) in [6.07, 6.45) is -13.3. The van der Waals surface area contributed by atoms with E-state index in [9.17, 15) is 57.5 Å². The van der Waals surface area contributed by atoms with Crippen LogP contribution in [0.1, 0.15) is 28.0 Å². The summed E-state index contributed by atoms with van der Waals surface area (Å²) in [4.78, 5) is 61.7. The van der Waals surface area contributed by atoms with Crippen molar-refractivity contribution < 1.29 is 97.1 Å². The number of piperazine rings is 1. The zero-order chi connectivity index (χ0) is 45.5. The van der Waals surface area contributed by atoms with Crippen molar-refractivity contribution in [1.82, 2.24) is 9.97 Å². The molecule has 1 fully saturated rings. The molecule has 0 atom stereocenters. The van der Waals surface area contributed by atoms with Gasteiger partial charge in [0.15, 0.2) is 0 Å². The minimum absolute atomic E-state index is 0.260. The summed E-state index contributed by atoms with van der Waals surface area (Å²) in [7, 11) is 0. The highest BCUT2D eigenvalue weighted by molar-refractivity contribution is 6.34. The number of hydrogen-bond acceptors (Lipinski definition) is 9. The minimum atomic E-state index is -5.08. The summed E-state index contributed by atoms with van der Waals surface area (Å²) in [6, 6.07) is 13.8. The van der Waals surface area contributed by atoms with Crippen LogP contribution in [-0.4, -0.2) is 111 Å². The van der Waals surface area contributed by atoms with Gasteiger partial charge in [-0.15, -0.1) is 0 Å². The lowest BCUT2D eigenvalue weighted by atomic mass is 10.1. The number of hydrogen-bond donors (Lipinski definition) is 5. The number of aromatic nitrogens is 2. The standard InChI is InChI=1S/C24H24ClN5O.4C2HF3O2/c25-21-6-7-22(30-14-12-29(13-15-30)20-8-10-26-11-9-20)28-23(21)24(31)27-19-5-4-17-2-1-3-18(17)16-19;4*3-2(4,5)1(6)7/h4-11,16H,1-3,12-15H2,(H,27,31);4*(H,6,7). The van der Waals surface area contributed by atoms with Gasteiger partial charge in [-0.25, -0.2) is 24.2 Å². The minimum Gasteiger partial charge on any atom is -0.475 e. The second kappa shape index (κ2) is 21.6. The molecule has 1 aliphatic heterocycles. The third-order valence-corrected chi connectivity index (χ3v) is 7.31. The van der Waals surface area contributed by atoms with Crippen LogP contribution >= 0.6 is 11.6 Å². The highest BCUT2D eigenvalue weighted by Crippen LogP contribution is 2.27. The van der Waals surface area contributed by atoms with Gasteiger partial charge in [-0.2, -0.15) is 52.7 Å². The number of aryl methyl sites for hydroxylation is 2. The number of benzene rings is 1. The maximum absolute atomic E-state index is 12.9. The molecule has 1 aliphatic carbocycles. The second-order valence-corrected chi connectivity index (χ2v) is 11.6. The largest absolute Gasteiger partial charge is 0.490 e. The molecule has 326 valence electrons. The summed E-state index contributed by atoms with van der Waals surface area (Å²) >= 11 is 6.34. The fourth-order valence-electron chi connectivity index (χ4n) is 4.36. The average molecular weight is 890 g/mol. The van der Waals surface area contributed by atoms with Crippen LogP contribution in [0, 0.1) is 0 Å². The van der Waals surface area contributed by atoms with Gasteiger partial charge in [0.1, 0.15) is 11.5 Å². The molecule has 3 aromatic rings. The van der Waals surface area contributed by atoms with Crippen molar-refractivity contribution in [3.8, 4) is 0 Å². The Bertz CT molecular complexity index is 1810. The van der Waals surface area contributed by atoms with E-state index >= 15 is 0 Å². The number of alkyl halides is 12. The van der Waals surface area contributed by atoms with Crippen LogP contribution in [0.3, 0.4) is 0 Å². The van der Waals surface area contributed by atoms with E-state index < -0.39 is 48.6 Å². The lowest BCUT2D eigenvalue weighted by molar-refractivity contribution is -0.193. The maximum Gasteiger partial charge on any atom is 0.490 e. The van der Waals surface area contributed by atoms with Crippen LogP contribution in [0.25, 0.3) is 0 Å². The van der Waals surface area contributed by atoms with Crippen LogP contribution in [0.15, 0.2) is 54.9 Å². The van der Waals surface area contributed by atoms with Crippen molar-refractivity contribution in [3.63, 3.8) is 0 Å². The van der Waals surface area contributed by atoms with Gasteiger partial charge in [0.2, 0.25) is 0 Å². The topological polar surface area (TPSA) is 211 Å².